The molecule has 0 saturated carbocycles. The molecule has 1 fully saturated rings. The van der Waals surface area contributed by atoms with Gasteiger partial charge in [0.15, 0.2) is 5.82 Å². The highest BCUT2D eigenvalue weighted by Crippen LogP contribution is 2.16. The van der Waals surface area contributed by atoms with Crippen LogP contribution in [0.1, 0.15) is 19.0 Å². The predicted molar refractivity (Wildman–Crippen MR) is 83.0 cm³/mol. The Bertz CT molecular complexity index is 660. The quantitative estimate of drug-likeness (QED) is 0.847. The van der Waals surface area contributed by atoms with Crippen LogP contribution in [0.25, 0.3) is 5.82 Å². The van der Waals surface area contributed by atoms with Crippen molar-refractivity contribution < 1.29 is 4.79 Å². The molecule has 1 aliphatic heterocycles. The van der Waals surface area contributed by atoms with Crippen LogP contribution in [0.4, 0.5) is 5.82 Å². The minimum absolute atomic E-state index is 0.218. The Balaban J connectivity index is 1.72. The molecular weight excluding hydrogens is 280 g/mol. The van der Waals surface area contributed by atoms with Gasteiger partial charge in [0.05, 0.1) is 5.69 Å². The Morgan fingerprint density at radius 3 is 2.55 bits per heavy atom. The molecule has 2 aromatic rings. The molecule has 7 heteroatoms. The fourth-order valence-corrected chi connectivity index (χ4v) is 2.59. The van der Waals surface area contributed by atoms with Crippen molar-refractivity contribution in [3.8, 4) is 5.82 Å². The molecular formula is C15H20N6O. The zero-order chi connectivity index (χ0) is 15.5. The van der Waals surface area contributed by atoms with Crippen molar-refractivity contribution in [2.75, 3.05) is 31.1 Å². The highest BCUT2D eigenvalue weighted by Gasteiger charge is 2.21. The van der Waals surface area contributed by atoms with Crippen LogP contribution in [0.3, 0.4) is 0 Å². The summed E-state index contributed by atoms with van der Waals surface area (Å²) in [6.07, 6.45) is 4.01. The zero-order valence-corrected chi connectivity index (χ0v) is 12.9. The van der Waals surface area contributed by atoms with E-state index in [0.717, 1.165) is 43.5 Å². The second-order valence-electron chi connectivity index (χ2n) is 5.36. The summed E-state index contributed by atoms with van der Waals surface area (Å²) in [5, 5.41) is 4.37. The molecule has 0 N–H and O–H groups in total. The third kappa shape index (κ3) is 2.93. The fraction of sp³-hybridized carbons (Fsp3) is 0.467. The van der Waals surface area contributed by atoms with E-state index in [4.69, 9.17) is 0 Å². The number of anilines is 1. The van der Waals surface area contributed by atoms with Crippen LogP contribution in [0.15, 0.2) is 24.7 Å². The topological polar surface area (TPSA) is 67.2 Å². The van der Waals surface area contributed by atoms with Gasteiger partial charge in [-0.15, -0.1) is 0 Å². The van der Waals surface area contributed by atoms with E-state index in [2.05, 4.69) is 20.0 Å². The van der Waals surface area contributed by atoms with Crippen LogP contribution in [0.2, 0.25) is 0 Å². The smallest absolute Gasteiger partial charge is 0.222 e. The predicted octanol–water partition coefficient (Wildman–Crippen LogP) is 1.03. The molecule has 22 heavy (non-hydrogen) atoms. The van der Waals surface area contributed by atoms with E-state index < -0.39 is 0 Å². The van der Waals surface area contributed by atoms with Crippen LogP contribution in [-0.2, 0) is 4.79 Å². The first-order valence-electron chi connectivity index (χ1n) is 7.55. The number of aromatic nitrogens is 4. The van der Waals surface area contributed by atoms with E-state index in [9.17, 15) is 4.79 Å². The van der Waals surface area contributed by atoms with E-state index in [1.807, 2.05) is 37.1 Å². The van der Waals surface area contributed by atoms with Gasteiger partial charge in [0.1, 0.15) is 12.1 Å². The third-order valence-electron chi connectivity index (χ3n) is 3.85. The number of aryl methyl sites for hydroxylation is 1. The molecule has 116 valence electrons. The number of nitrogens with zero attached hydrogens (tertiary/aromatic N) is 6. The van der Waals surface area contributed by atoms with Crippen LogP contribution in [-0.4, -0.2) is 56.7 Å². The summed E-state index contributed by atoms with van der Waals surface area (Å²) in [5.41, 5.74) is 0.951. The summed E-state index contributed by atoms with van der Waals surface area (Å²) >= 11 is 0. The van der Waals surface area contributed by atoms with Crippen LogP contribution < -0.4 is 4.90 Å². The van der Waals surface area contributed by atoms with Crippen LogP contribution in [0.5, 0.6) is 0 Å². The minimum Gasteiger partial charge on any atom is -0.353 e. The summed E-state index contributed by atoms with van der Waals surface area (Å²) in [6, 6.07) is 3.88. The molecule has 1 saturated heterocycles. The minimum atomic E-state index is 0.218. The largest absolute Gasteiger partial charge is 0.353 e. The van der Waals surface area contributed by atoms with E-state index in [1.54, 1.807) is 11.0 Å². The van der Waals surface area contributed by atoms with Gasteiger partial charge in [-0.1, -0.05) is 6.92 Å². The molecule has 0 aromatic carbocycles. The summed E-state index contributed by atoms with van der Waals surface area (Å²) in [5.74, 6) is 1.85. The number of rotatable bonds is 3. The van der Waals surface area contributed by atoms with Crippen molar-refractivity contribution in [1.82, 2.24) is 24.6 Å². The van der Waals surface area contributed by atoms with E-state index >= 15 is 0 Å². The molecule has 0 spiro atoms. The third-order valence-corrected chi connectivity index (χ3v) is 3.85. The van der Waals surface area contributed by atoms with Gasteiger partial charge in [-0.05, 0) is 13.0 Å². The maximum Gasteiger partial charge on any atom is 0.222 e. The number of amides is 1. The first-order chi connectivity index (χ1) is 10.7. The Morgan fingerprint density at radius 2 is 1.91 bits per heavy atom. The van der Waals surface area contributed by atoms with E-state index in [0.29, 0.717) is 6.42 Å². The molecule has 0 atom stereocenters. The SMILES string of the molecule is CCC(=O)N1CCN(c2cc(-n3ccc(C)n3)ncn2)CC1. The van der Waals surface area contributed by atoms with Crippen molar-refractivity contribution >= 4 is 11.7 Å². The Hall–Kier alpha value is -2.44. The second kappa shape index (κ2) is 6.13. The average Bonchev–Trinajstić information content (AvgIpc) is 3.01. The van der Waals surface area contributed by atoms with Gasteiger partial charge < -0.3 is 9.80 Å². The molecule has 1 aliphatic rings. The second-order valence-corrected chi connectivity index (χ2v) is 5.36. The molecule has 0 aliphatic carbocycles. The number of carbonyl (C=O) groups is 1. The van der Waals surface area contributed by atoms with Crippen molar-refractivity contribution in [2.24, 2.45) is 0 Å². The zero-order valence-electron chi connectivity index (χ0n) is 12.9. The van der Waals surface area contributed by atoms with Gasteiger partial charge in [-0.3, -0.25) is 4.79 Å². The standard InChI is InChI=1S/C15H20N6O/c1-3-15(22)20-8-6-19(7-9-20)13-10-14(17-11-16-13)21-5-4-12(2)18-21/h4-5,10-11H,3,6-9H2,1-2H3. The summed E-state index contributed by atoms with van der Waals surface area (Å²) in [7, 11) is 0. The lowest BCUT2D eigenvalue weighted by molar-refractivity contribution is -0.131. The Morgan fingerprint density at radius 1 is 1.18 bits per heavy atom. The van der Waals surface area contributed by atoms with Gasteiger partial charge in [0.2, 0.25) is 5.91 Å². The maximum atomic E-state index is 11.7. The summed E-state index contributed by atoms with van der Waals surface area (Å²) in [6.45, 7) is 6.92. The highest BCUT2D eigenvalue weighted by atomic mass is 16.2. The van der Waals surface area contributed by atoms with Gasteiger partial charge >= 0.3 is 0 Å². The Kier molecular flexibility index (Phi) is 4.04. The van der Waals surface area contributed by atoms with Crippen molar-refractivity contribution in [2.45, 2.75) is 20.3 Å². The van der Waals surface area contributed by atoms with Gasteiger partial charge in [0, 0.05) is 44.9 Å². The van der Waals surface area contributed by atoms with Crippen molar-refractivity contribution in [3.05, 3.63) is 30.4 Å². The van der Waals surface area contributed by atoms with Crippen molar-refractivity contribution in [1.29, 1.82) is 0 Å². The lowest BCUT2D eigenvalue weighted by Crippen LogP contribution is -2.48. The lowest BCUT2D eigenvalue weighted by atomic mass is 10.3. The fourth-order valence-electron chi connectivity index (χ4n) is 2.59. The summed E-state index contributed by atoms with van der Waals surface area (Å²) < 4.78 is 1.75. The monoisotopic (exact) mass is 300 g/mol. The van der Waals surface area contributed by atoms with E-state index in [-0.39, 0.29) is 5.91 Å². The molecule has 3 heterocycles. The lowest BCUT2D eigenvalue weighted by Gasteiger charge is -2.35. The molecule has 0 bridgehead atoms. The Labute approximate surface area is 129 Å². The molecule has 0 unspecified atom stereocenters. The van der Waals surface area contributed by atoms with E-state index in [1.165, 1.54) is 0 Å². The molecule has 3 rings (SSSR count). The highest BCUT2D eigenvalue weighted by molar-refractivity contribution is 5.76. The summed E-state index contributed by atoms with van der Waals surface area (Å²) in [4.78, 5) is 24.4. The van der Waals surface area contributed by atoms with Gasteiger partial charge in [-0.25, -0.2) is 14.6 Å². The first kappa shape index (κ1) is 14.5. The molecule has 2 aromatic heterocycles. The van der Waals surface area contributed by atoms with Crippen LogP contribution >= 0.6 is 0 Å². The molecule has 7 nitrogen and oxygen atoms in total. The first-order valence-corrected chi connectivity index (χ1v) is 7.55. The maximum absolute atomic E-state index is 11.7. The van der Waals surface area contributed by atoms with Crippen molar-refractivity contribution in [3.63, 3.8) is 0 Å². The number of hydrogen-bond donors (Lipinski definition) is 0. The number of hydrogen-bond acceptors (Lipinski definition) is 5. The van der Waals surface area contributed by atoms with Crippen LogP contribution in [0, 0.1) is 6.92 Å². The van der Waals surface area contributed by atoms with Gasteiger partial charge in [0.25, 0.3) is 0 Å². The normalized spacial score (nSPS) is 15.2. The molecule has 1 amide bonds. The number of piperazine rings is 1. The number of carbonyl (C=O) groups excluding carboxylic acids is 1. The average molecular weight is 300 g/mol. The van der Waals surface area contributed by atoms with Gasteiger partial charge in [-0.2, -0.15) is 5.10 Å². The molecule has 0 radical (unpaired) electrons.